The Morgan fingerprint density at radius 1 is 0.903 bits per heavy atom. The van der Waals surface area contributed by atoms with Crippen molar-refractivity contribution in [2.24, 2.45) is 0 Å². The molecule has 1 amide bonds. The number of benzene rings is 3. The first-order valence-corrected chi connectivity index (χ1v) is 9.84. The summed E-state index contributed by atoms with van der Waals surface area (Å²) in [4.78, 5) is 16.8. The van der Waals surface area contributed by atoms with Crippen LogP contribution >= 0.6 is 0 Å². The third-order valence-corrected chi connectivity index (χ3v) is 5.34. The number of anilines is 2. The monoisotopic (exact) mass is 411 g/mol. The highest BCUT2D eigenvalue weighted by molar-refractivity contribution is 6.12. The SMILES string of the molecule is O=C1c2ccccc2NC(c2cnn(-c3ccccc3)n2)N1c1ccc2c(c1)OCO2. The molecule has 6 rings (SSSR count). The van der Waals surface area contributed by atoms with Gasteiger partial charge in [-0.25, -0.2) is 0 Å². The van der Waals surface area contributed by atoms with Crippen molar-refractivity contribution in [2.45, 2.75) is 6.17 Å². The molecule has 0 spiro atoms. The average molecular weight is 411 g/mol. The molecular formula is C23H17N5O3. The molecule has 1 atom stereocenters. The molecule has 1 unspecified atom stereocenters. The van der Waals surface area contributed by atoms with Crippen molar-refractivity contribution < 1.29 is 14.3 Å². The normalized spacial score (nSPS) is 16.7. The molecule has 0 saturated heterocycles. The Labute approximate surface area is 177 Å². The van der Waals surface area contributed by atoms with Crippen LogP contribution in [0.2, 0.25) is 0 Å². The van der Waals surface area contributed by atoms with Crippen molar-refractivity contribution in [3.05, 3.63) is 90.3 Å². The minimum absolute atomic E-state index is 0.132. The maximum absolute atomic E-state index is 13.5. The van der Waals surface area contributed by atoms with E-state index >= 15 is 0 Å². The van der Waals surface area contributed by atoms with E-state index in [9.17, 15) is 4.79 Å². The van der Waals surface area contributed by atoms with E-state index < -0.39 is 6.17 Å². The van der Waals surface area contributed by atoms with Gasteiger partial charge in [-0.15, -0.1) is 5.10 Å². The van der Waals surface area contributed by atoms with Gasteiger partial charge in [-0.2, -0.15) is 9.90 Å². The molecular weight excluding hydrogens is 394 g/mol. The number of hydrogen-bond donors (Lipinski definition) is 1. The van der Waals surface area contributed by atoms with E-state index in [0.717, 1.165) is 11.4 Å². The molecule has 0 radical (unpaired) electrons. The van der Waals surface area contributed by atoms with Gasteiger partial charge in [-0.3, -0.25) is 9.69 Å². The predicted octanol–water partition coefficient (Wildman–Crippen LogP) is 3.77. The Morgan fingerprint density at radius 3 is 2.61 bits per heavy atom. The van der Waals surface area contributed by atoms with Crippen molar-refractivity contribution in [1.82, 2.24) is 15.0 Å². The van der Waals surface area contributed by atoms with Gasteiger partial charge in [0, 0.05) is 11.8 Å². The summed E-state index contributed by atoms with van der Waals surface area (Å²) in [6, 6.07) is 22.5. The molecule has 4 aromatic rings. The van der Waals surface area contributed by atoms with Gasteiger partial charge in [-0.05, 0) is 36.4 Å². The Bertz CT molecular complexity index is 1290. The highest BCUT2D eigenvalue weighted by atomic mass is 16.7. The zero-order chi connectivity index (χ0) is 20.8. The van der Waals surface area contributed by atoms with Gasteiger partial charge in [-0.1, -0.05) is 30.3 Å². The lowest BCUT2D eigenvalue weighted by molar-refractivity contribution is 0.0974. The molecule has 31 heavy (non-hydrogen) atoms. The maximum atomic E-state index is 13.5. The molecule has 8 heteroatoms. The van der Waals surface area contributed by atoms with Crippen LogP contribution in [-0.4, -0.2) is 27.7 Å². The highest BCUT2D eigenvalue weighted by Gasteiger charge is 2.36. The van der Waals surface area contributed by atoms with E-state index in [1.165, 1.54) is 0 Å². The van der Waals surface area contributed by atoms with Crippen molar-refractivity contribution in [2.75, 3.05) is 17.0 Å². The molecule has 0 saturated carbocycles. The average Bonchev–Trinajstić information content (AvgIpc) is 3.49. The van der Waals surface area contributed by atoms with E-state index in [1.807, 2.05) is 72.8 Å². The van der Waals surface area contributed by atoms with Crippen LogP contribution in [0.4, 0.5) is 11.4 Å². The van der Waals surface area contributed by atoms with Crippen LogP contribution < -0.4 is 19.7 Å². The number of carbonyl (C=O) groups excluding carboxylic acids is 1. The summed E-state index contributed by atoms with van der Waals surface area (Å²) in [5.41, 5.74) is 3.47. The Balaban J connectivity index is 1.46. The minimum atomic E-state index is -0.541. The second-order valence-corrected chi connectivity index (χ2v) is 7.20. The minimum Gasteiger partial charge on any atom is -0.454 e. The third kappa shape index (κ3) is 2.88. The Kier molecular flexibility index (Phi) is 3.89. The van der Waals surface area contributed by atoms with Crippen LogP contribution in [0.1, 0.15) is 22.2 Å². The lowest BCUT2D eigenvalue weighted by Gasteiger charge is -2.36. The number of ether oxygens (including phenoxy) is 2. The zero-order valence-electron chi connectivity index (χ0n) is 16.3. The largest absolute Gasteiger partial charge is 0.454 e. The first-order chi connectivity index (χ1) is 15.3. The van der Waals surface area contributed by atoms with Crippen molar-refractivity contribution in [3.8, 4) is 17.2 Å². The number of fused-ring (bicyclic) bond motifs is 2. The second-order valence-electron chi connectivity index (χ2n) is 7.20. The summed E-state index contributed by atoms with van der Waals surface area (Å²) in [6.45, 7) is 0.169. The van der Waals surface area contributed by atoms with Gasteiger partial charge in [0.05, 0.1) is 23.1 Å². The number of aromatic nitrogens is 3. The number of rotatable bonds is 3. The number of nitrogens with zero attached hydrogens (tertiary/aromatic N) is 4. The van der Waals surface area contributed by atoms with E-state index in [-0.39, 0.29) is 12.7 Å². The van der Waals surface area contributed by atoms with E-state index in [4.69, 9.17) is 9.47 Å². The molecule has 8 nitrogen and oxygen atoms in total. The van der Waals surface area contributed by atoms with Crippen molar-refractivity contribution in [3.63, 3.8) is 0 Å². The first kappa shape index (κ1) is 17.5. The smallest absolute Gasteiger partial charge is 0.262 e. The lowest BCUT2D eigenvalue weighted by Crippen LogP contribution is -2.43. The second kappa shape index (κ2) is 6.88. The molecule has 0 aliphatic carbocycles. The van der Waals surface area contributed by atoms with Crippen molar-refractivity contribution >= 4 is 17.3 Å². The number of nitrogens with one attached hydrogen (secondary N) is 1. The number of para-hydroxylation sites is 2. The summed E-state index contributed by atoms with van der Waals surface area (Å²) in [6.07, 6.45) is 1.13. The Hall–Kier alpha value is -4.33. The topological polar surface area (TPSA) is 81.5 Å². The maximum Gasteiger partial charge on any atom is 0.262 e. The van der Waals surface area contributed by atoms with Gasteiger partial charge in [0.15, 0.2) is 17.7 Å². The molecule has 1 aromatic heterocycles. The van der Waals surface area contributed by atoms with Gasteiger partial charge >= 0.3 is 0 Å². The van der Waals surface area contributed by atoms with Crippen molar-refractivity contribution in [1.29, 1.82) is 0 Å². The standard InChI is InChI=1S/C23H17N5O3/c29-23-17-8-4-5-9-18(17)25-22(19-13-24-28(26-19)15-6-2-1-3-7-15)27(23)16-10-11-20-21(12-16)31-14-30-20/h1-13,22,25H,14H2. The fourth-order valence-corrected chi connectivity index (χ4v) is 3.85. The summed E-state index contributed by atoms with van der Waals surface area (Å²) in [5.74, 6) is 1.14. The summed E-state index contributed by atoms with van der Waals surface area (Å²) in [5, 5.41) is 12.5. The zero-order valence-corrected chi connectivity index (χ0v) is 16.3. The lowest BCUT2D eigenvalue weighted by atomic mass is 10.1. The predicted molar refractivity (Wildman–Crippen MR) is 114 cm³/mol. The van der Waals surface area contributed by atoms with Gasteiger partial charge in [0.2, 0.25) is 6.79 Å². The number of carbonyl (C=O) groups is 1. The fourth-order valence-electron chi connectivity index (χ4n) is 3.85. The summed E-state index contributed by atoms with van der Waals surface area (Å²) in [7, 11) is 0. The van der Waals surface area contributed by atoms with Crippen LogP contribution in [-0.2, 0) is 0 Å². The van der Waals surface area contributed by atoms with Crippen LogP contribution in [0.5, 0.6) is 11.5 Å². The van der Waals surface area contributed by atoms with Gasteiger partial charge in [0.25, 0.3) is 5.91 Å². The Morgan fingerprint density at radius 2 is 1.71 bits per heavy atom. The number of hydrogen-bond acceptors (Lipinski definition) is 6. The quantitative estimate of drug-likeness (QED) is 0.553. The van der Waals surface area contributed by atoms with Crippen LogP contribution in [0.15, 0.2) is 79.0 Å². The third-order valence-electron chi connectivity index (χ3n) is 5.34. The van der Waals surface area contributed by atoms with Crippen LogP contribution in [0.25, 0.3) is 5.69 Å². The van der Waals surface area contributed by atoms with Gasteiger partial charge in [0.1, 0.15) is 5.69 Å². The highest BCUT2D eigenvalue weighted by Crippen LogP contribution is 2.40. The molecule has 0 fully saturated rings. The molecule has 0 bridgehead atoms. The number of amides is 1. The molecule has 2 aliphatic rings. The molecule has 1 N–H and O–H groups in total. The van der Waals surface area contributed by atoms with E-state index in [0.29, 0.717) is 28.4 Å². The molecule has 3 aromatic carbocycles. The van der Waals surface area contributed by atoms with Crippen LogP contribution in [0, 0.1) is 0 Å². The molecule has 152 valence electrons. The van der Waals surface area contributed by atoms with Crippen LogP contribution in [0.3, 0.4) is 0 Å². The summed E-state index contributed by atoms with van der Waals surface area (Å²) < 4.78 is 10.9. The molecule has 2 aliphatic heterocycles. The fraction of sp³-hybridized carbons (Fsp3) is 0.0870. The first-order valence-electron chi connectivity index (χ1n) is 9.84. The van der Waals surface area contributed by atoms with Gasteiger partial charge < -0.3 is 14.8 Å². The summed E-state index contributed by atoms with van der Waals surface area (Å²) >= 11 is 0. The van der Waals surface area contributed by atoms with E-state index in [1.54, 1.807) is 15.9 Å². The molecule has 3 heterocycles. The van der Waals surface area contributed by atoms with E-state index in [2.05, 4.69) is 15.5 Å².